The van der Waals surface area contributed by atoms with Gasteiger partial charge in [-0.15, -0.1) is 0 Å². The molecule has 1 fully saturated rings. The third kappa shape index (κ3) is 3.55. The molecule has 7 heteroatoms. The van der Waals surface area contributed by atoms with Gasteiger partial charge < -0.3 is 19.5 Å². The molecule has 6 nitrogen and oxygen atoms in total. The molecule has 0 bridgehead atoms. The van der Waals surface area contributed by atoms with Crippen molar-refractivity contribution in [3.05, 3.63) is 42.1 Å². The van der Waals surface area contributed by atoms with Crippen LogP contribution in [0.25, 0.3) is 0 Å². The Morgan fingerprint density at radius 2 is 1.69 bits per heavy atom. The Labute approximate surface area is 156 Å². The van der Waals surface area contributed by atoms with Gasteiger partial charge in [0.2, 0.25) is 5.95 Å². The third-order valence-electron chi connectivity index (χ3n) is 5.15. The molecule has 0 radical (unpaired) electrons. The highest BCUT2D eigenvalue weighted by atomic mass is 16.7. The van der Waals surface area contributed by atoms with Gasteiger partial charge in [0.1, 0.15) is 5.82 Å². The molecule has 1 aliphatic rings. The van der Waals surface area contributed by atoms with Crippen molar-refractivity contribution in [1.29, 1.82) is 0 Å². The largest absolute Gasteiger partial charge is 0.500 e. The van der Waals surface area contributed by atoms with Crippen molar-refractivity contribution in [1.82, 2.24) is 9.97 Å². The number of benzene rings is 1. The molecule has 0 amide bonds. The zero-order chi connectivity index (χ0) is 18.9. The second-order valence-electron chi connectivity index (χ2n) is 7.65. The van der Waals surface area contributed by atoms with E-state index in [1.54, 1.807) is 6.20 Å². The lowest BCUT2D eigenvalue weighted by Gasteiger charge is -2.32. The summed E-state index contributed by atoms with van der Waals surface area (Å²) in [5.41, 5.74) is 1.22. The Balaban J connectivity index is 1.82. The Kier molecular flexibility index (Phi) is 4.95. The van der Waals surface area contributed by atoms with Crippen molar-refractivity contribution in [2.24, 2.45) is 0 Å². The van der Waals surface area contributed by atoms with Crippen molar-refractivity contribution >= 4 is 24.3 Å². The summed E-state index contributed by atoms with van der Waals surface area (Å²) in [6.45, 7) is 8.88. The van der Waals surface area contributed by atoms with Gasteiger partial charge >= 0.3 is 7.12 Å². The fraction of sp³-hybridized carbons (Fsp3) is 0.474. The maximum absolute atomic E-state index is 6.13. The molecule has 26 heavy (non-hydrogen) atoms. The molecule has 1 aromatic heterocycles. The van der Waals surface area contributed by atoms with E-state index in [1.807, 2.05) is 64.9 Å². The highest BCUT2D eigenvalue weighted by molar-refractivity contribution is 6.63. The standard InChI is InChI=1S/C19H27BN4O2/c1-18(2)19(3,4)26-20(25-18)15-12-22-17(23-16(15)21-5)24(6)13-14-10-8-7-9-11-14/h7-12H,13H2,1-6H3,(H,21,22,23). The molecule has 1 aliphatic heterocycles. The molecule has 3 rings (SSSR count). The molecule has 0 unspecified atom stereocenters. The van der Waals surface area contributed by atoms with Crippen molar-refractivity contribution < 1.29 is 9.31 Å². The van der Waals surface area contributed by atoms with E-state index >= 15 is 0 Å². The van der Waals surface area contributed by atoms with Crippen LogP contribution in [0.4, 0.5) is 11.8 Å². The molecular weight excluding hydrogens is 327 g/mol. The summed E-state index contributed by atoms with van der Waals surface area (Å²) in [5.74, 6) is 1.37. The zero-order valence-electron chi connectivity index (χ0n) is 16.4. The minimum absolute atomic E-state index is 0.397. The lowest BCUT2D eigenvalue weighted by atomic mass is 9.80. The number of anilines is 2. The predicted octanol–water partition coefficient (Wildman–Crippen LogP) is 2.45. The highest BCUT2D eigenvalue weighted by Gasteiger charge is 2.52. The molecule has 1 N–H and O–H groups in total. The minimum Gasteiger partial charge on any atom is -0.399 e. The minimum atomic E-state index is -0.490. The molecule has 0 aliphatic carbocycles. The maximum atomic E-state index is 6.13. The number of aromatic nitrogens is 2. The molecule has 1 aromatic carbocycles. The summed E-state index contributed by atoms with van der Waals surface area (Å²) >= 11 is 0. The molecule has 0 saturated carbocycles. The van der Waals surface area contributed by atoms with Crippen LogP contribution < -0.4 is 15.7 Å². The van der Waals surface area contributed by atoms with E-state index in [0.717, 1.165) is 12.0 Å². The van der Waals surface area contributed by atoms with E-state index in [-0.39, 0.29) is 0 Å². The molecule has 138 valence electrons. The van der Waals surface area contributed by atoms with E-state index in [0.29, 0.717) is 11.8 Å². The monoisotopic (exact) mass is 354 g/mol. The van der Waals surface area contributed by atoms with Gasteiger partial charge in [0, 0.05) is 32.3 Å². The quantitative estimate of drug-likeness (QED) is 0.833. The number of hydrogen-bond acceptors (Lipinski definition) is 6. The molecule has 0 spiro atoms. The highest BCUT2D eigenvalue weighted by Crippen LogP contribution is 2.36. The molecule has 1 saturated heterocycles. The molecule has 2 aromatic rings. The first kappa shape index (κ1) is 18.7. The van der Waals surface area contributed by atoms with Crippen LogP contribution in [0.5, 0.6) is 0 Å². The first-order valence-electron chi connectivity index (χ1n) is 8.89. The average molecular weight is 354 g/mol. The Morgan fingerprint density at radius 3 is 2.27 bits per heavy atom. The van der Waals surface area contributed by atoms with Crippen molar-refractivity contribution in [2.75, 3.05) is 24.3 Å². The topological polar surface area (TPSA) is 59.5 Å². The van der Waals surface area contributed by atoms with Gasteiger partial charge in [-0.05, 0) is 33.3 Å². The zero-order valence-corrected chi connectivity index (χ0v) is 16.4. The van der Waals surface area contributed by atoms with E-state index in [9.17, 15) is 0 Å². The fourth-order valence-corrected chi connectivity index (χ4v) is 2.84. The maximum Gasteiger partial charge on any atom is 0.500 e. The number of nitrogens with one attached hydrogen (secondary N) is 1. The summed E-state index contributed by atoms with van der Waals surface area (Å²) < 4.78 is 12.3. The molecule has 2 heterocycles. The van der Waals surface area contributed by atoms with Crippen LogP contribution in [-0.4, -0.2) is 42.4 Å². The van der Waals surface area contributed by atoms with Crippen LogP contribution in [0, 0.1) is 0 Å². The summed E-state index contributed by atoms with van der Waals surface area (Å²) in [6, 6.07) is 10.3. The van der Waals surface area contributed by atoms with Crippen LogP contribution in [0.15, 0.2) is 36.5 Å². The Hall–Kier alpha value is -2.12. The lowest BCUT2D eigenvalue weighted by Crippen LogP contribution is -2.41. The third-order valence-corrected chi connectivity index (χ3v) is 5.15. The van der Waals surface area contributed by atoms with Crippen LogP contribution in [0.2, 0.25) is 0 Å². The molecular formula is C19H27BN4O2. The van der Waals surface area contributed by atoms with E-state index in [4.69, 9.17) is 9.31 Å². The first-order chi connectivity index (χ1) is 12.2. The van der Waals surface area contributed by atoms with Crippen LogP contribution in [-0.2, 0) is 15.9 Å². The van der Waals surface area contributed by atoms with Crippen molar-refractivity contribution in [2.45, 2.75) is 45.4 Å². The number of hydrogen-bond donors (Lipinski definition) is 1. The van der Waals surface area contributed by atoms with Crippen LogP contribution in [0.1, 0.15) is 33.3 Å². The summed E-state index contributed by atoms with van der Waals surface area (Å²) in [6.07, 6.45) is 1.79. The van der Waals surface area contributed by atoms with E-state index < -0.39 is 18.3 Å². The number of rotatable bonds is 5. The SMILES string of the molecule is CNc1nc(N(C)Cc2ccccc2)ncc1B1OC(C)(C)C(C)(C)O1. The van der Waals surface area contributed by atoms with Gasteiger partial charge in [0.15, 0.2) is 0 Å². The summed E-state index contributed by atoms with van der Waals surface area (Å²) in [7, 11) is 3.34. The van der Waals surface area contributed by atoms with E-state index in [1.165, 1.54) is 5.56 Å². The normalized spacial score (nSPS) is 18.0. The average Bonchev–Trinajstić information content (AvgIpc) is 2.82. The van der Waals surface area contributed by atoms with E-state index in [2.05, 4.69) is 27.4 Å². The van der Waals surface area contributed by atoms with Crippen molar-refractivity contribution in [3.8, 4) is 0 Å². The first-order valence-corrected chi connectivity index (χ1v) is 8.89. The van der Waals surface area contributed by atoms with Gasteiger partial charge in [-0.25, -0.2) is 4.98 Å². The Morgan fingerprint density at radius 1 is 1.08 bits per heavy atom. The fourth-order valence-electron chi connectivity index (χ4n) is 2.84. The van der Waals surface area contributed by atoms with Crippen LogP contribution in [0.3, 0.4) is 0 Å². The van der Waals surface area contributed by atoms with Gasteiger partial charge in [-0.3, -0.25) is 0 Å². The van der Waals surface area contributed by atoms with Crippen molar-refractivity contribution in [3.63, 3.8) is 0 Å². The van der Waals surface area contributed by atoms with Gasteiger partial charge in [-0.2, -0.15) is 4.98 Å². The van der Waals surface area contributed by atoms with Gasteiger partial charge in [0.05, 0.1) is 11.2 Å². The second kappa shape index (κ2) is 6.89. The number of nitrogens with zero attached hydrogens (tertiary/aromatic N) is 3. The lowest BCUT2D eigenvalue weighted by molar-refractivity contribution is 0.00578. The Bertz CT molecular complexity index is 751. The smallest absolute Gasteiger partial charge is 0.399 e. The summed E-state index contributed by atoms with van der Waals surface area (Å²) in [4.78, 5) is 11.2. The predicted molar refractivity (Wildman–Crippen MR) is 106 cm³/mol. The molecule has 0 atom stereocenters. The second-order valence-corrected chi connectivity index (χ2v) is 7.65. The van der Waals surface area contributed by atoms with Gasteiger partial charge in [0.25, 0.3) is 0 Å². The van der Waals surface area contributed by atoms with Crippen LogP contribution >= 0.6 is 0 Å². The van der Waals surface area contributed by atoms with Gasteiger partial charge in [-0.1, -0.05) is 30.3 Å². The summed E-state index contributed by atoms with van der Waals surface area (Å²) in [5, 5.41) is 3.15.